The Morgan fingerprint density at radius 1 is 0.938 bits per heavy atom. The molecular weight excluding hydrogens is 432 g/mol. The van der Waals surface area contributed by atoms with Crippen molar-refractivity contribution in [3.05, 3.63) is 29.6 Å². The van der Waals surface area contributed by atoms with Gasteiger partial charge in [0.2, 0.25) is 17.7 Å². The van der Waals surface area contributed by atoms with E-state index in [-0.39, 0.29) is 0 Å². The number of aryl methyl sites for hydroxylation is 2. The summed E-state index contributed by atoms with van der Waals surface area (Å²) in [6.07, 6.45) is 0.754. The van der Waals surface area contributed by atoms with E-state index >= 15 is 0 Å². The maximum atomic E-state index is 5.48. The van der Waals surface area contributed by atoms with Gasteiger partial charge in [-0.25, -0.2) is 9.97 Å². The third-order valence-corrected chi connectivity index (χ3v) is 4.35. The normalized spacial score (nSPS) is 11.0. The van der Waals surface area contributed by atoms with E-state index in [1.54, 1.807) is 40.6 Å². The molecule has 0 amide bonds. The molecule has 174 valence electrons. The zero-order chi connectivity index (χ0) is 23.5. The number of thiocarbonyl (C=S) groups is 1. The Balaban J connectivity index is 2.18. The molecule has 0 fully saturated rings. The molecule has 0 saturated heterocycles. The van der Waals surface area contributed by atoms with Crippen molar-refractivity contribution in [3.63, 3.8) is 0 Å². The average Bonchev–Trinajstić information content (AvgIpc) is 2.75. The van der Waals surface area contributed by atoms with Gasteiger partial charge >= 0.3 is 0 Å². The smallest absolute Gasteiger partial charge is 0.229 e. The number of guanidine groups is 1. The van der Waals surface area contributed by atoms with Crippen molar-refractivity contribution in [2.75, 3.05) is 52.2 Å². The van der Waals surface area contributed by atoms with Crippen LogP contribution in [0.1, 0.15) is 17.8 Å². The predicted octanol–water partition coefficient (Wildman–Crippen LogP) is 2.91. The molecule has 32 heavy (non-hydrogen) atoms. The number of hydrogen-bond donors (Lipinski definition) is 3. The summed E-state index contributed by atoms with van der Waals surface area (Å²) in [5, 5.41) is 9.56. The van der Waals surface area contributed by atoms with E-state index in [9.17, 15) is 0 Å². The van der Waals surface area contributed by atoms with Gasteiger partial charge in [0.05, 0.1) is 21.3 Å². The van der Waals surface area contributed by atoms with Crippen molar-refractivity contribution in [1.82, 2.24) is 15.3 Å². The SMILES string of the molecule is COCCCN=C(NC(=S)Nc1cc(OC)c(OC)c(OC)c1)Nc1nc(C)cc(C)n1. The molecule has 11 heteroatoms. The molecule has 0 saturated carbocycles. The van der Waals surface area contributed by atoms with Crippen molar-refractivity contribution in [3.8, 4) is 17.2 Å². The van der Waals surface area contributed by atoms with Gasteiger partial charge in [-0.15, -0.1) is 0 Å². The number of nitrogens with one attached hydrogen (secondary N) is 3. The van der Waals surface area contributed by atoms with Crippen LogP contribution < -0.4 is 30.2 Å². The van der Waals surface area contributed by atoms with Crippen LogP contribution in [-0.4, -0.2) is 62.6 Å². The number of aromatic nitrogens is 2. The Hall–Kier alpha value is -3.18. The van der Waals surface area contributed by atoms with Crippen LogP contribution >= 0.6 is 12.2 Å². The summed E-state index contributed by atoms with van der Waals surface area (Å²) in [5.41, 5.74) is 2.34. The summed E-state index contributed by atoms with van der Waals surface area (Å²) in [7, 11) is 6.31. The molecule has 1 heterocycles. The highest BCUT2D eigenvalue weighted by Crippen LogP contribution is 2.39. The van der Waals surface area contributed by atoms with E-state index < -0.39 is 0 Å². The molecule has 2 aromatic rings. The van der Waals surface area contributed by atoms with Crippen LogP contribution in [0.25, 0.3) is 0 Å². The molecular formula is C21H30N6O4S. The van der Waals surface area contributed by atoms with Gasteiger partial charge in [-0.05, 0) is 38.6 Å². The molecule has 1 aromatic carbocycles. The first-order valence-electron chi connectivity index (χ1n) is 9.90. The van der Waals surface area contributed by atoms with E-state index in [1.165, 1.54) is 0 Å². The highest BCUT2D eigenvalue weighted by Gasteiger charge is 2.14. The van der Waals surface area contributed by atoms with Gasteiger partial charge in [-0.3, -0.25) is 10.3 Å². The fraction of sp³-hybridized carbons (Fsp3) is 0.429. The number of ether oxygens (including phenoxy) is 4. The Bertz CT molecular complexity index is 909. The van der Waals surface area contributed by atoms with Crippen molar-refractivity contribution in [2.24, 2.45) is 4.99 Å². The highest BCUT2D eigenvalue weighted by molar-refractivity contribution is 7.80. The van der Waals surface area contributed by atoms with Crippen molar-refractivity contribution >= 4 is 34.9 Å². The minimum atomic E-state index is 0.307. The van der Waals surface area contributed by atoms with Crippen molar-refractivity contribution in [2.45, 2.75) is 20.3 Å². The van der Waals surface area contributed by atoms with Crippen LogP contribution in [0.3, 0.4) is 0 Å². The fourth-order valence-electron chi connectivity index (χ4n) is 2.82. The lowest BCUT2D eigenvalue weighted by Gasteiger charge is -2.17. The number of anilines is 2. The van der Waals surface area contributed by atoms with E-state index in [2.05, 4.69) is 30.9 Å². The first-order valence-corrected chi connectivity index (χ1v) is 10.3. The van der Waals surface area contributed by atoms with Crippen LogP contribution in [0, 0.1) is 13.8 Å². The lowest BCUT2D eigenvalue weighted by molar-refractivity contribution is 0.197. The van der Waals surface area contributed by atoms with Gasteiger partial charge < -0.3 is 29.6 Å². The topological polar surface area (TPSA) is 111 Å². The zero-order valence-corrected chi connectivity index (χ0v) is 20.1. The maximum absolute atomic E-state index is 5.48. The lowest BCUT2D eigenvalue weighted by atomic mass is 10.2. The van der Waals surface area contributed by atoms with E-state index in [0.29, 0.717) is 53.1 Å². The minimum absolute atomic E-state index is 0.307. The first-order chi connectivity index (χ1) is 15.4. The largest absolute Gasteiger partial charge is 0.493 e. The summed E-state index contributed by atoms with van der Waals surface area (Å²) in [6, 6.07) is 5.40. The quantitative estimate of drug-likeness (QED) is 0.223. The Labute approximate surface area is 193 Å². The molecule has 10 nitrogen and oxygen atoms in total. The van der Waals surface area contributed by atoms with Crippen LogP contribution in [0.2, 0.25) is 0 Å². The molecule has 0 atom stereocenters. The maximum Gasteiger partial charge on any atom is 0.229 e. The lowest BCUT2D eigenvalue weighted by Crippen LogP contribution is -2.39. The molecule has 0 unspecified atom stereocenters. The number of rotatable bonds is 9. The second kappa shape index (κ2) is 12.6. The predicted molar refractivity (Wildman–Crippen MR) is 129 cm³/mol. The molecule has 0 bridgehead atoms. The van der Waals surface area contributed by atoms with Gasteiger partial charge in [-0.1, -0.05) is 0 Å². The van der Waals surface area contributed by atoms with E-state index in [4.69, 9.17) is 31.2 Å². The monoisotopic (exact) mass is 462 g/mol. The van der Waals surface area contributed by atoms with Crippen molar-refractivity contribution in [1.29, 1.82) is 0 Å². The Kier molecular flexibility index (Phi) is 9.89. The second-order valence-electron chi connectivity index (χ2n) is 6.67. The van der Waals surface area contributed by atoms with E-state index in [1.807, 2.05) is 19.9 Å². The summed E-state index contributed by atoms with van der Waals surface area (Å²) in [5.74, 6) is 2.35. The summed E-state index contributed by atoms with van der Waals surface area (Å²) < 4.78 is 21.2. The number of methoxy groups -OCH3 is 4. The molecule has 0 aliphatic carbocycles. The molecule has 0 aliphatic rings. The summed E-state index contributed by atoms with van der Waals surface area (Å²) >= 11 is 5.48. The third kappa shape index (κ3) is 7.50. The fourth-order valence-corrected chi connectivity index (χ4v) is 3.04. The van der Waals surface area contributed by atoms with Crippen LogP contribution in [0.4, 0.5) is 11.6 Å². The zero-order valence-electron chi connectivity index (χ0n) is 19.2. The highest BCUT2D eigenvalue weighted by atomic mass is 32.1. The molecule has 0 spiro atoms. The van der Waals surface area contributed by atoms with Gasteiger partial charge in [0.25, 0.3) is 0 Å². The van der Waals surface area contributed by atoms with Gasteiger partial charge in [-0.2, -0.15) is 0 Å². The van der Waals surface area contributed by atoms with Gasteiger partial charge in [0.15, 0.2) is 16.6 Å². The molecule has 0 aliphatic heterocycles. The average molecular weight is 463 g/mol. The summed E-state index contributed by atoms with van der Waals surface area (Å²) in [4.78, 5) is 13.3. The molecule has 2 rings (SSSR count). The number of nitrogens with zero attached hydrogens (tertiary/aromatic N) is 3. The van der Waals surface area contributed by atoms with Gasteiger partial charge in [0, 0.05) is 49.5 Å². The second-order valence-corrected chi connectivity index (χ2v) is 7.08. The standard InChI is InChI=1S/C21H30N6O4S/c1-13-10-14(2)24-20(23-13)26-19(22-8-7-9-28-3)27-21(32)25-15-11-16(29-4)18(31-6)17(12-15)30-5/h10-12H,7-9H2,1-6H3,(H3,22,23,24,25,26,27,32). The molecule has 3 N–H and O–H groups in total. The Morgan fingerprint density at radius 2 is 1.56 bits per heavy atom. The van der Waals surface area contributed by atoms with Gasteiger partial charge in [0.1, 0.15) is 0 Å². The minimum Gasteiger partial charge on any atom is -0.493 e. The van der Waals surface area contributed by atoms with Crippen LogP contribution in [0.5, 0.6) is 17.2 Å². The number of benzene rings is 1. The third-order valence-electron chi connectivity index (χ3n) is 4.14. The first kappa shape index (κ1) is 25.1. The summed E-state index contributed by atoms with van der Waals surface area (Å²) in [6.45, 7) is 4.93. The number of aliphatic imine (C=N–C) groups is 1. The molecule has 0 radical (unpaired) electrons. The van der Waals surface area contributed by atoms with Crippen molar-refractivity contribution < 1.29 is 18.9 Å². The van der Waals surface area contributed by atoms with Crippen LogP contribution in [-0.2, 0) is 4.74 Å². The molecule has 1 aromatic heterocycles. The Morgan fingerprint density at radius 3 is 2.09 bits per heavy atom. The van der Waals surface area contributed by atoms with E-state index in [0.717, 1.165) is 17.8 Å². The number of hydrogen-bond acceptors (Lipinski definition) is 8. The van der Waals surface area contributed by atoms with Crippen LogP contribution in [0.15, 0.2) is 23.2 Å².